The van der Waals surface area contributed by atoms with E-state index in [1.54, 1.807) is 7.05 Å². The van der Waals surface area contributed by atoms with Crippen molar-refractivity contribution in [3.8, 4) is 0 Å². The number of nitrogens with zero attached hydrogens (tertiary/aromatic N) is 3. The van der Waals surface area contributed by atoms with Crippen LogP contribution < -0.4 is 10.6 Å². The number of aromatic nitrogens is 1. The topological polar surface area (TPSA) is 82.8 Å². The lowest BCUT2D eigenvalue weighted by atomic mass is 10.0. The average molecular weight is 477 g/mol. The van der Waals surface area contributed by atoms with Crippen molar-refractivity contribution in [2.24, 2.45) is 10.9 Å². The van der Waals surface area contributed by atoms with E-state index in [4.69, 9.17) is 4.52 Å². The third kappa shape index (κ3) is 6.44. The first-order valence-corrected chi connectivity index (χ1v) is 9.12. The number of amides is 1. The van der Waals surface area contributed by atoms with Crippen LogP contribution in [0.4, 0.5) is 0 Å². The SMILES string of the molecule is CN=C(NCc1cc(C(C)C)no1)NC1CCN(C(=O)C(C)C)CC1.I. The molecule has 0 aromatic carbocycles. The van der Waals surface area contributed by atoms with E-state index in [0.29, 0.717) is 18.5 Å². The van der Waals surface area contributed by atoms with E-state index < -0.39 is 0 Å². The van der Waals surface area contributed by atoms with Gasteiger partial charge < -0.3 is 20.1 Å². The molecule has 1 aliphatic heterocycles. The third-order valence-corrected chi connectivity index (χ3v) is 4.46. The van der Waals surface area contributed by atoms with E-state index in [1.165, 1.54) is 0 Å². The number of nitrogens with one attached hydrogen (secondary N) is 2. The second-order valence-electron chi connectivity index (χ2n) is 7.20. The lowest BCUT2D eigenvalue weighted by Crippen LogP contribution is -2.50. The minimum absolute atomic E-state index is 0. The molecule has 7 nitrogen and oxygen atoms in total. The van der Waals surface area contributed by atoms with Gasteiger partial charge >= 0.3 is 0 Å². The molecule has 0 radical (unpaired) electrons. The van der Waals surface area contributed by atoms with E-state index >= 15 is 0 Å². The van der Waals surface area contributed by atoms with Gasteiger partial charge in [-0.3, -0.25) is 9.79 Å². The number of carbonyl (C=O) groups is 1. The molecule has 0 spiro atoms. The zero-order valence-electron chi connectivity index (χ0n) is 16.4. The van der Waals surface area contributed by atoms with Crippen molar-refractivity contribution in [1.29, 1.82) is 0 Å². The quantitative estimate of drug-likeness (QED) is 0.387. The summed E-state index contributed by atoms with van der Waals surface area (Å²) in [5.74, 6) is 2.21. The molecule has 2 rings (SSSR count). The van der Waals surface area contributed by atoms with Crippen LogP contribution in [0.25, 0.3) is 0 Å². The fourth-order valence-corrected chi connectivity index (χ4v) is 2.85. The summed E-state index contributed by atoms with van der Waals surface area (Å²) in [5.41, 5.74) is 0.960. The van der Waals surface area contributed by atoms with Gasteiger partial charge in [-0.2, -0.15) is 0 Å². The van der Waals surface area contributed by atoms with Crippen LogP contribution in [0.15, 0.2) is 15.6 Å². The molecule has 148 valence electrons. The molecule has 8 heteroatoms. The van der Waals surface area contributed by atoms with Crippen molar-refractivity contribution in [2.75, 3.05) is 20.1 Å². The first-order chi connectivity index (χ1) is 11.9. The predicted molar refractivity (Wildman–Crippen MR) is 114 cm³/mol. The molecule has 1 amide bonds. The van der Waals surface area contributed by atoms with Gasteiger partial charge in [-0.25, -0.2) is 0 Å². The standard InChI is InChI=1S/C18H31N5O2.HI/c1-12(2)16-10-15(25-22-16)11-20-18(19-5)21-14-6-8-23(9-7-14)17(24)13(3)4;/h10,12-14H,6-9,11H2,1-5H3,(H2,19,20,21);1H. The Labute approximate surface area is 173 Å². The molecule has 26 heavy (non-hydrogen) atoms. The first-order valence-electron chi connectivity index (χ1n) is 9.12. The van der Waals surface area contributed by atoms with Crippen LogP contribution in [0, 0.1) is 5.92 Å². The number of hydrogen-bond acceptors (Lipinski definition) is 4. The van der Waals surface area contributed by atoms with Crippen molar-refractivity contribution in [3.05, 3.63) is 17.5 Å². The van der Waals surface area contributed by atoms with Crippen molar-refractivity contribution < 1.29 is 9.32 Å². The minimum Gasteiger partial charge on any atom is -0.359 e. The van der Waals surface area contributed by atoms with Crippen molar-refractivity contribution in [3.63, 3.8) is 0 Å². The van der Waals surface area contributed by atoms with Gasteiger partial charge in [-0.05, 0) is 18.8 Å². The fourth-order valence-electron chi connectivity index (χ4n) is 2.85. The Morgan fingerprint density at radius 1 is 1.35 bits per heavy atom. The lowest BCUT2D eigenvalue weighted by molar-refractivity contribution is -0.135. The molecule has 1 fully saturated rings. The number of likely N-dealkylation sites (tertiary alicyclic amines) is 1. The molecule has 0 aliphatic carbocycles. The first kappa shape index (κ1) is 22.7. The van der Waals surface area contributed by atoms with Crippen molar-refractivity contribution >= 4 is 35.8 Å². The van der Waals surface area contributed by atoms with E-state index in [2.05, 4.69) is 34.6 Å². The van der Waals surface area contributed by atoms with Crippen LogP contribution >= 0.6 is 24.0 Å². The van der Waals surface area contributed by atoms with Crippen molar-refractivity contribution in [2.45, 2.75) is 59.0 Å². The maximum absolute atomic E-state index is 12.0. The number of hydrogen-bond donors (Lipinski definition) is 2. The van der Waals surface area contributed by atoms with E-state index in [-0.39, 0.29) is 35.8 Å². The molecule has 0 atom stereocenters. The summed E-state index contributed by atoms with van der Waals surface area (Å²) in [6.07, 6.45) is 1.86. The molecule has 0 saturated carbocycles. The smallest absolute Gasteiger partial charge is 0.225 e. The number of halogens is 1. The molecule has 2 N–H and O–H groups in total. The maximum Gasteiger partial charge on any atom is 0.225 e. The van der Waals surface area contributed by atoms with Gasteiger partial charge in [0, 0.05) is 38.2 Å². The summed E-state index contributed by atoms with van der Waals surface area (Å²) in [7, 11) is 1.76. The zero-order valence-corrected chi connectivity index (χ0v) is 18.7. The summed E-state index contributed by atoms with van der Waals surface area (Å²) in [6, 6.07) is 2.30. The van der Waals surface area contributed by atoms with E-state index in [0.717, 1.165) is 43.3 Å². The Kier molecular flexibility index (Phi) is 9.38. The van der Waals surface area contributed by atoms with Crippen LogP contribution in [-0.2, 0) is 11.3 Å². The highest BCUT2D eigenvalue weighted by molar-refractivity contribution is 14.0. The Bertz CT molecular complexity index is 592. The highest BCUT2D eigenvalue weighted by Crippen LogP contribution is 2.14. The number of guanidine groups is 1. The minimum atomic E-state index is 0. The summed E-state index contributed by atoms with van der Waals surface area (Å²) in [5, 5.41) is 10.8. The molecule has 1 saturated heterocycles. The summed E-state index contributed by atoms with van der Waals surface area (Å²) < 4.78 is 5.33. The van der Waals surface area contributed by atoms with E-state index in [9.17, 15) is 4.79 Å². The highest BCUT2D eigenvalue weighted by atomic mass is 127. The monoisotopic (exact) mass is 477 g/mol. The molecule has 1 aliphatic rings. The van der Waals surface area contributed by atoms with Crippen LogP contribution in [0.5, 0.6) is 0 Å². The number of rotatable bonds is 5. The average Bonchev–Trinajstić information content (AvgIpc) is 3.07. The van der Waals surface area contributed by atoms with Crippen LogP contribution in [0.2, 0.25) is 0 Å². The summed E-state index contributed by atoms with van der Waals surface area (Å²) >= 11 is 0. The van der Waals surface area contributed by atoms with Crippen LogP contribution in [0.1, 0.15) is 57.9 Å². The second-order valence-corrected chi connectivity index (χ2v) is 7.20. The Morgan fingerprint density at radius 3 is 2.50 bits per heavy atom. The van der Waals surface area contributed by atoms with Gasteiger partial charge in [0.2, 0.25) is 5.91 Å². The molecular formula is C18H32IN5O2. The number of carbonyl (C=O) groups excluding carboxylic acids is 1. The van der Waals surface area contributed by atoms with Gasteiger partial charge in [0.1, 0.15) is 0 Å². The van der Waals surface area contributed by atoms with Crippen LogP contribution in [0.3, 0.4) is 0 Å². The second kappa shape index (κ2) is 10.7. The largest absolute Gasteiger partial charge is 0.359 e. The molecule has 1 aromatic rings. The fraction of sp³-hybridized carbons (Fsp3) is 0.722. The zero-order chi connectivity index (χ0) is 18.4. The molecule has 2 heterocycles. The molecule has 0 unspecified atom stereocenters. The highest BCUT2D eigenvalue weighted by Gasteiger charge is 2.24. The van der Waals surface area contributed by atoms with E-state index in [1.807, 2.05) is 24.8 Å². The predicted octanol–water partition coefficient (Wildman–Crippen LogP) is 2.73. The lowest BCUT2D eigenvalue weighted by Gasteiger charge is -2.34. The molecular weight excluding hydrogens is 445 g/mol. The van der Waals surface area contributed by atoms with Crippen LogP contribution in [-0.4, -0.2) is 48.1 Å². The summed E-state index contributed by atoms with van der Waals surface area (Å²) in [6.45, 7) is 10.2. The summed E-state index contributed by atoms with van der Waals surface area (Å²) in [4.78, 5) is 18.3. The molecule has 0 bridgehead atoms. The molecule has 1 aromatic heterocycles. The van der Waals surface area contributed by atoms with Gasteiger partial charge in [0.25, 0.3) is 0 Å². The Morgan fingerprint density at radius 2 is 2.00 bits per heavy atom. The van der Waals surface area contributed by atoms with Crippen molar-refractivity contribution in [1.82, 2.24) is 20.7 Å². The normalized spacial score (nSPS) is 16.0. The number of piperidine rings is 1. The van der Waals surface area contributed by atoms with Gasteiger partial charge in [-0.1, -0.05) is 32.9 Å². The Hall–Kier alpha value is -1.32. The van der Waals surface area contributed by atoms with Gasteiger partial charge in [-0.15, -0.1) is 24.0 Å². The maximum atomic E-state index is 12.0. The third-order valence-electron chi connectivity index (χ3n) is 4.46. The number of aliphatic imine (C=N–C) groups is 1. The van der Waals surface area contributed by atoms with Gasteiger partial charge in [0.15, 0.2) is 11.7 Å². The Balaban J connectivity index is 0.00000338. The van der Waals surface area contributed by atoms with Gasteiger partial charge in [0.05, 0.1) is 12.2 Å².